The van der Waals surface area contributed by atoms with Crippen LogP contribution in [0, 0.1) is 0 Å². The van der Waals surface area contributed by atoms with Gasteiger partial charge in [-0.25, -0.2) is 0 Å². The van der Waals surface area contributed by atoms with Gasteiger partial charge in [-0.15, -0.1) is 11.8 Å². The van der Waals surface area contributed by atoms with Crippen LogP contribution in [0.3, 0.4) is 0 Å². The molecule has 0 N–H and O–H groups in total. The number of methoxy groups -OCH3 is 3. The quantitative estimate of drug-likeness (QED) is 0.789. The molecule has 1 atom stereocenters. The molecule has 6 nitrogen and oxygen atoms in total. The molecule has 1 aromatic heterocycles. The normalized spacial score (nSPS) is 16.8. The lowest BCUT2D eigenvalue weighted by Gasteiger charge is -2.26. The maximum Gasteiger partial charge on any atom is 0.234 e. The Morgan fingerprint density at radius 3 is 2.48 bits per heavy atom. The molecular weight excluding hydrogens is 340 g/mol. The van der Waals surface area contributed by atoms with E-state index in [2.05, 4.69) is 4.98 Å². The molecule has 1 aliphatic heterocycles. The molecule has 0 bridgehead atoms. The van der Waals surface area contributed by atoms with Crippen LogP contribution >= 0.6 is 11.8 Å². The number of rotatable bonds is 6. The third-order valence-electron chi connectivity index (χ3n) is 4.08. The van der Waals surface area contributed by atoms with Crippen molar-refractivity contribution in [2.45, 2.75) is 11.9 Å². The smallest absolute Gasteiger partial charge is 0.234 e. The Morgan fingerprint density at radius 1 is 1.20 bits per heavy atom. The predicted octanol–water partition coefficient (Wildman–Crippen LogP) is 2.88. The fourth-order valence-electron chi connectivity index (χ4n) is 2.83. The summed E-state index contributed by atoms with van der Waals surface area (Å²) in [7, 11) is 4.78. The summed E-state index contributed by atoms with van der Waals surface area (Å²) >= 11 is 1.60. The number of hydrogen-bond donors (Lipinski definition) is 0. The standard InChI is InChI=1S/C18H20N2O4S/c1-22-13-7-15(23-2)14(16(8-13)24-3)10-20-17(21)11-25-18(20)12-5-4-6-19-9-12/h4-9,18H,10-11H2,1-3H3. The first kappa shape index (κ1) is 17.4. The third kappa shape index (κ3) is 3.51. The lowest BCUT2D eigenvalue weighted by Crippen LogP contribution is -2.28. The van der Waals surface area contributed by atoms with Crippen LogP contribution in [0.2, 0.25) is 0 Å². The minimum Gasteiger partial charge on any atom is -0.496 e. The number of carbonyl (C=O) groups is 1. The lowest BCUT2D eigenvalue weighted by molar-refractivity contribution is -0.128. The van der Waals surface area contributed by atoms with Crippen molar-refractivity contribution in [1.29, 1.82) is 0 Å². The van der Waals surface area contributed by atoms with E-state index in [0.717, 1.165) is 11.1 Å². The Labute approximate surface area is 151 Å². The summed E-state index contributed by atoms with van der Waals surface area (Å²) in [5, 5.41) is -0.0716. The van der Waals surface area contributed by atoms with E-state index in [1.54, 1.807) is 57.6 Å². The van der Waals surface area contributed by atoms with Crippen molar-refractivity contribution in [2.24, 2.45) is 0 Å². The molecule has 132 valence electrons. The van der Waals surface area contributed by atoms with Crippen molar-refractivity contribution in [3.05, 3.63) is 47.8 Å². The van der Waals surface area contributed by atoms with Crippen molar-refractivity contribution in [3.63, 3.8) is 0 Å². The highest BCUT2D eigenvalue weighted by Crippen LogP contribution is 2.42. The number of benzene rings is 1. The van der Waals surface area contributed by atoms with E-state index in [9.17, 15) is 4.79 Å². The summed E-state index contributed by atoms with van der Waals surface area (Å²) in [4.78, 5) is 18.5. The zero-order chi connectivity index (χ0) is 17.8. The average molecular weight is 360 g/mol. The molecule has 0 saturated carbocycles. The van der Waals surface area contributed by atoms with Crippen molar-refractivity contribution < 1.29 is 19.0 Å². The second-order valence-corrected chi connectivity index (χ2v) is 6.55. The number of thioether (sulfide) groups is 1. The van der Waals surface area contributed by atoms with E-state index in [1.807, 2.05) is 17.0 Å². The van der Waals surface area contributed by atoms with E-state index >= 15 is 0 Å². The molecule has 0 spiro atoms. The van der Waals surface area contributed by atoms with Gasteiger partial charge in [0, 0.05) is 30.1 Å². The van der Waals surface area contributed by atoms with Crippen LogP contribution < -0.4 is 14.2 Å². The minimum atomic E-state index is -0.0716. The van der Waals surface area contributed by atoms with Gasteiger partial charge in [-0.3, -0.25) is 9.78 Å². The van der Waals surface area contributed by atoms with Crippen LogP contribution in [0.25, 0.3) is 0 Å². The molecular formula is C18H20N2O4S. The molecule has 25 heavy (non-hydrogen) atoms. The first-order valence-corrected chi connectivity index (χ1v) is 8.82. The predicted molar refractivity (Wildman–Crippen MR) is 96.1 cm³/mol. The monoisotopic (exact) mass is 360 g/mol. The molecule has 3 rings (SSSR count). The average Bonchev–Trinajstić information content (AvgIpc) is 3.03. The molecule has 0 aliphatic carbocycles. The van der Waals surface area contributed by atoms with Gasteiger partial charge in [-0.05, 0) is 6.07 Å². The van der Waals surface area contributed by atoms with E-state index in [-0.39, 0.29) is 11.3 Å². The lowest BCUT2D eigenvalue weighted by atomic mass is 10.1. The number of pyridine rings is 1. The van der Waals surface area contributed by atoms with Crippen molar-refractivity contribution in [2.75, 3.05) is 27.1 Å². The Morgan fingerprint density at radius 2 is 1.92 bits per heavy atom. The Balaban J connectivity index is 1.96. The topological polar surface area (TPSA) is 60.9 Å². The first-order chi connectivity index (χ1) is 12.2. The fraction of sp³-hybridized carbons (Fsp3) is 0.333. The molecule has 1 aromatic carbocycles. The number of carbonyl (C=O) groups excluding carboxylic acids is 1. The number of nitrogens with zero attached hydrogens (tertiary/aromatic N) is 2. The molecule has 7 heteroatoms. The zero-order valence-corrected chi connectivity index (χ0v) is 15.2. The van der Waals surface area contributed by atoms with E-state index in [4.69, 9.17) is 14.2 Å². The van der Waals surface area contributed by atoms with Gasteiger partial charge in [0.05, 0.1) is 39.2 Å². The molecule has 1 unspecified atom stereocenters. The van der Waals surface area contributed by atoms with Crippen LogP contribution in [0.15, 0.2) is 36.7 Å². The highest BCUT2D eigenvalue weighted by Gasteiger charge is 2.34. The highest BCUT2D eigenvalue weighted by atomic mass is 32.2. The molecule has 0 radical (unpaired) electrons. The summed E-state index contributed by atoms with van der Waals surface area (Å²) in [6.07, 6.45) is 3.52. The number of hydrogen-bond acceptors (Lipinski definition) is 6. The van der Waals surface area contributed by atoms with Crippen LogP contribution in [0.1, 0.15) is 16.5 Å². The minimum absolute atomic E-state index is 0.0716. The van der Waals surface area contributed by atoms with Gasteiger partial charge < -0.3 is 19.1 Å². The Kier molecular flexibility index (Phi) is 5.33. The Hall–Kier alpha value is -2.41. The van der Waals surface area contributed by atoms with Crippen LogP contribution in [0.5, 0.6) is 17.2 Å². The summed E-state index contributed by atoms with van der Waals surface area (Å²) in [5.41, 5.74) is 1.82. The van der Waals surface area contributed by atoms with Crippen molar-refractivity contribution >= 4 is 17.7 Å². The van der Waals surface area contributed by atoms with Crippen molar-refractivity contribution in [3.8, 4) is 17.2 Å². The second-order valence-electron chi connectivity index (χ2n) is 5.48. The second kappa shape index (κ2) is 7.65. The zero-order valence-electron chi connectivity index (χ0n) is 14.4. The molecule has 2 aromatic rings. The SMILES string of the molecule is COc1cc(OC)c(CN2C(=O)CSC2c2cccnc2)c(OC)c1. The Bertz CT molecular complexity index is 729. The van der Waals surface area contributed by atoms with Crippen LogP contribution in [-0.4, -0.2) is 42.9 Å². The van der Waals surface area contributed by atoms with E-state index < -0.39 is 0 Å². The van der Waals surface area contributed by atoms with E-state index in [0.29, 0.717) is 29.5 Å². The van der Waals surface area contributed by atoms with Gasteiger partial charge in [-0.2, -0.15) is 0 Å². The highest BCUT2D eigenvalue weighted by molar-refractivity contribution is 8.00. The van der Waals surface area contributed by atoms with Gasteiger partial charge in [0.15, 0.2) is 0 Å². The molecule has 1 saturated heterocycles. The van der Waals surface area contributed by atoms with Crippen LogP contribution in [0.4, 0.5) is 0 Å². The van der Waals surface area contributed by atoms with Gasteiger partial charge >= 0.3 is 0 Å². The number of amides is 1. The van der Waals surface area contributed by atoms with Gasteiger partial charge in [0.25, 0.3) is 0 Å². The van der Waals surface area contributed by atoms with Gasteiger partial charge in [0.2, 0.25) is 5.91 Å². The molecule has 1 amide bonds. The third-order valence-corrected chi connectivity index (χ3v) is 5.34. The van der Waals surface area contributed by atoms with E-state index in [1.165, 1.54) is 0 Å². The summed E-state index contributed by atoms with van der Waals surface area (Å²) in [6.45, 7) is 0.391. The van der Waals surface area contributed by atoms with Crippen molar-refractivity contribution in [1.82, 2.24) is 9.88 Å². The maximum atomic E-state index is 12.5. The molecule has 2 heterocycles. The molecule has 1 aliphatic rings. The first-order valence-electron chi connectivity index (χ1n) is 7.77. The fourth-order valence-corrected chi connectivity index (χ4v) is 4.00. The summed E-state index contributed by atoms with van der Waals surface area (Å²) < 4.78 is 16.3. The number of aromatic nitrogens is 1. The summed E-state index contributed by atoms with van der Waals surface area (Å²) in [5.74, 6) is 2.43. The largest absolute Gasteiger partial charge is 0.496 e. The van der Waals surface area contributed by atoms with Gasteiger partial charge in [-0.1, -0.05) is 6.07 Å². The summed E-state index contributed by atoms with van der Waals surface area (Å²) in [6, 6.07) is 7.46. The molecule has 1 fully saturated rings. The maximum absolute atomic E-state index is 12.5. The number of ether oxygens (including phenoxy) is 3. The van der Waals surface area contributed by atoms with Gasteiger partial charge in [0.1, 0.15) is 22.6 Å². The van der Waals surface area contributed by atoms with Crippen LogP contribution in [-0.2, 0) is 11.3 Å².